The van der Waals surface area contributed by atoms with Gasteiger partial charge in [-0.2, -0.15) is 0 Å². The molecule has 0 aromatic rings. The normalized spacial score (nSPS) is 19.1. The zero-order valence-corrected chi connectivity index (χ0v) is 8.18. The van der Waals surface area contributed by atoms with Crippen molar-refractivity contribution >= 4 is 0 Å². The van der Waals surface area contributed by atoms with Crippen molar-refractivity contribution in [1.82, 2.24) is 5.32 Å². The first-order valence-electron chi connectivity index (χ1n) is 4.96. The second-order valence-corrected chi connectivity index (χ2v) is 3.31. The van der Waals surface area contributed by atoms with E-state index in [4.69, 9.17) is 9.47 Å². The minimum atomic E-state index is -2.36. The van der Waals surface area contributed by atoms with Crippen molar-refractivity contribution in [2.24, 2.45) is 0 Å². The molecule has 1 N–H and O–H groups in total. The Morgan fingerprint density at radius 1 is 1.36 bits per heavy atom. The maximum Gasteiger partial charge on any atom is 0.261 e. The lowest BCUT2D eigenvalue weighted by molar-refractivity contribution is 0.0163. The first kappa shape index (κ1) is 11.8. The largest absolute Gasteiger partial charge is 0.381 e. The lowest BCUT2D eigenvalue weighted by Gasteiger charge is -2.23. The molecular formula is C9H17F2NO2. The van der Waals surface area contributed by atoms with Crippen molar-refractivity contribution in [2.75, 3.05) is 33.0 Å². The summed E-state index contributed by atoms with van der Waals surface area (Å²) in [7, 11) is 0. The van der Waals surface area contributed by atoms with Gasteiger partial charge in [0, 0.05) is 25.8 Å². The van der Waals surface area contributed by atoms with Gasteiger partial charge in [0.1, 0.15) is 6.61 Å². The highest BCUT2D eigenvalue weighted by molar-refractivity contribution is 4.69. The summed E-state index contributed by atoms with van der Waals surface area (Å²) in [5.41, 5.74) is 0. The number of hydrogen-bond donors (Lipinski definition) is 1. The summed E-state index contributed by atoms with van der Waals surface area (Å²) in [6.45, 7) is 2.10. The number of nitrogens with one attached hydrogen (secondary N) is 1. The molecule has 84 valence electrons. The third kappa shape index (κ3) is 5.47. The number of hydrogen-bond acceptors (Lipinski definition) is 3. The fourth-order valence-corrected chi connectivity index (χ4v) is 1.41. The molecule has 0 unspecified atom stereocenters. The summed E-state index contributed by atoms with van der Waals surface area (Å²) in [6, 6.07) is 0.457. The van der Waals surface area contributed by atoms with Crippen LogP contribution in [0.1, 0.15) is 12.8 Å². The van der Waals surface area contributed by atoms with Crippen molar-refractivity contribution in [3.63, 3.8) is 0 Å². The van der Waals surface area contributed by atoms with Crippen LogP contribution in [-0.4, -0.2) is 45.4 Å². The van der Waals surface area contributed by atoms with Gasteiger partial charge in [0.2, 0.25) is 0 Å². The maximum absolute atomic E-state index is 11.7. The Morgan fingerprint density at radius 3 is 2.71 bits per heavy atom. The van der Waals surface area contributed by atoms with E-state index in [0.717, 1.165) is 26.1 Å². The molecule has 1 aliphatic heterocycles. The van der Waals surface area contributed by atoms with Crippen LogP contribution in [0.15, 0.2) is 0 Å². The first-order valence-corrected chi connectivity index (χ1v) is 4.96. The van der Waals surface area contributed by atoms with Crippen LogP contribution < -0.4 is 5.32 Å². The van der Waals surface area contributed by atoms with Gasteiger partial charge >= 0.3 is 0 Å². The van der Waals surface area contributed by atoms with E-state index >= 15 is 0 Å². The molecular weight excluding hydrogens is 192 g/mol. The van der Waals surface area contributed by atoms with Gasteiger partial charge in [0.05, 0.1) is 6.61 Å². The molecule has 1 aliphatic rings. The number of alkyl halides is 2. The second-order valence-electron chi connectivity index (χ2n) is 3.31. The maximum atomic E-state index is 11.7. The molecule has 0 bridgehead atoms. The van der Waals surface area contributed by atoms with E-state index in [1.54, 1.807) is 0 Å². The highest BCUT2D eigenvalue weighted by Crippen LogP contribution is 2.05. The van der Waals surface area contributed by atoms with Gasteiger partial charge in [-0.1, -0.05) is 0 Å². The third-order valence-electron chi connectivity index (χ3n) is 2.14. The van der Waals surface area contributed by atoms with Gasteiger partial charge in [0.15, 0.2) is 0 Å². The average Bonchev–Trinajstić information content (AvgIpc) is 2.18. The van der Waals surface area contributed by atoms with Gasteiger partial charge in [-0.05, 0) is 12.8 Å². The summed E-state index contributed by atoms with van der Waals surface area (Å²) >= 11 is 0. The standard InChI is InChI=1S/C9H17F2NO2/c10-9(11)7-14-6-3-12-8-1-4-13-5-2-8/h8-9,12H,1-7H2. The lowest BCUT2D eigenvalue weighted by Crippen LogP contribution is -2.36. The van der Waals surface area contributed by atoms with E-state index in [2.05, 4.69) is 5.32 Å². The Kier molecular flexibility index (Phi) is 5.98. The van der Waals surface area contributed by atoms with Gasteiger partial charge in [-0.15, -0.1) is 0 Å². The van der Waals surface area contributed by atoms with Gasteiger partial charge in [0.25, 0.3) is 6.43 Å². The van der Waals surface area contributed by atoms with Crippen LogP contribution in [0.4, 0.5) is 8.78 Å². The van der Waals surface area contributed by atoms with E-state index in [1.807, 2.05) is 0 Å². The molecule has 0 aliphatic carbocycles. The first-order chi connectivity index (χ1) is 6.79. The molecule has 0 aromatic carbocycles. The molecule has 0 amide bonds. The third-order valence-corrected chi connectivity index (χ3v) is 2.14. The van der Waals surface area contributed by atoms with Gasteiger partial charge < -0.3 is 14.8 Å². The number of halogens is 2. The number of ether oxygens (including phenoxy) is 2. The topological polar surface area (TPSA) is 30.5 Å². The van der Waals surface area contributed by atoms with Crippen LogP contribution in [0.25, 0.3) is 0 Å². The van der Waals surface area contributed by atoms with Gasteiger partial charge in [-0.3, -0.25) is 0 Å². The Labute approximate surface area is 82.8 Å². The van der Waals surface area contributed by atoms with E-state index in [9.17, 15) is 8.78 Å². The molecule has 3 nitrogen and oxygen atoms in total. The van der Waals surface area contributed by atoms with Crippen LogP contribution in [0, 0.1) is 0 Å². The fraction of sp³-hybridized carbons (Fsp3) is 1.00. The smallest absolute Gasteiger partial charge is 0.261 e. The van der Waals surface area contributed by atoms with Gasteiger partial charge in [-0.25, -0.2) is 8.78 Å². The SMILES string of the molecule is FC(F)COCCNC1CCOCC1. The predicted molar refractivity (Wildman–Crippen MR) is 48.7 cm³/mol. The monoisotopic (exact) mass is 209 g/mol. The van der Waals surface area contributed by atoms with E-state index < -0.39 is 13.0 Å². The minimum Gasteiger partial charge on any atom is -0.381 e. The zero-order valence-electron chi connectivity index (χ0n) is 8.18. The molecule has 0 radical (unpaired) electrons. The van der Waals surface area contributed by atoms with Crippen LogP contribution in [-0.2, 0) is 9.47 Å². The fourth-order valence-electron chi connectivity index (χ4n) is 1.41. The van der Waals surface area contributed by atoms with E-state index in [0.29, 0.717) is 19.2 Å². The quantitative estimate of drug-likeness (QED) is 0.663. The lowest BCUT2D eigenvalue weighted by atomic mass is 10.1. The Morgan fingerprint density at radius 2 is 2.07 bits per heavy atom. The van der Waals surface area contributed by atoms with Crippen LogP contribution in [0.5, 0.6) is 0 Å². The summed E-state index contributed by atoms with van der Waals surface area (Å²) in [6.07, 6.45) is -0.373. The van der Waals surface area contributed by atoms with Crippen molar-refractivity contribution in [1.29, 1.82) is 0 Å². The van der Waals surface area contributed by atoms with Crippen LogP contribution in [0.2, 0.25) is 0 Å². The Balaban J connectivity index is 1.87. The highest BCUT2D eigenvalue weighted by atomic mass is 19.3. The Bertz CT molecular complexity index is 141. The summed E-state index contributed by atoms with van der Waals surface area (Å²) in [5.74, 6) is 0. The highest BCUT2D eigenvalue weighted by Gasteiger charge is 2.12. The predicted octanol–water partition coefficient (Wildman–Crippen LogP) is 1.04. The molecule has 0 atom stereocenters. The molecule has 1 rings (SSSR count). The van der Waals surface area contributed by atoms with Crippen molar-refractivity contribution in [3.05, 3.63) is 0 Å². The zero-order chi connectivity index (χ0) is 10.2. The second kappa shape index (κ2) is 7.09. The van der Waals surface area contributed by atoms with E-state index in [1.165, 1.54) is 0 Å². The molecule has 0 aromatic heterocycles. The Hall–Kier alpha value is -0.260. The van der Waals surface area contributed by atoms with E-state index in [-0.39, 0.29) is 0 Å². The van der Waals surface area contributed by atoms with Crippen molar-refractivity contribution < 1.29 is 18.3 Å². The average molecular weight is 209 g/mol. The molecule has 1 heterocycles. The minimum absolute atomic E-state index is 0.349. The molecule has 1 fully saturated rings. The number of rotatable bonds is 6. The van der Waals surface area contributed by atoms with Crippen LogP contribution in [0.3, 0.4) is 0 Å². The van der Waals surface area contributed by atoms with Crippen molar-refractivity contribution in [3.8, 4) is 0 Å². The summed E-state index contributed by atoms with van der Waals surface area (Å²) in [5, 5.41) is 3.25. The molecule has 14 heavy (non-hydrogen) atoms. The molecule has 0 spiro atoms. The van der Waals surface area contributed by atoms with Crippen molar-refractivity contribution in [2.45, 2.75) is 25.3 Å². The van der Waals surface area contributed by atoms with Crippen LogP contribution >= 0.6 is 0 Å². The molecule has 5 heteroatoms. The molecule has 1 saturated heterocycles. The molecule has 0 saturated carbocycles. The summed E-state index contributed by atoms with van der Waals surface area (Å²) < 4.78 is 33.2. The summed E-state index contributed by atoms with van der Waals surface area (Å²) in [4.78, 5) is 0.